The van der Waals surface area contributed by atoms with Gasteiger partial charge in [0.1, 0.15) is 11.5 Å². The number of carbonyl (C=O) groups excluding carboxylic acids is 1. The summed E-state index contributed by atoms with van der Waals surface area (Å²) in [6.45, 7) is 6.83. The zero-order chi connectivity index (χ0) is 18.5. The van der Waals surface area contributed by atoms with E-state index in [0.717, 1.165) is 13.1 Å². The fourth-order valence-electron chi connectivity index (χ4n) is 2.98. The number of rotatable bonds is 6. The molecule has 0 spiro atoms. The lowest BCUT2D eigenvalue weighted by Crippen LogP contribution is -2.47. The molecule has 26 heavy (non-hydrogen) atoms. The normalized spacial score (nSPS) is 18.2. The first-order chi connectivity index (χ1) is 12.5. The average molecular weight is 361 g/mol. The molecule has 1 saturated heterocycles. The monoisotopic (exact) mass is 361 g/mol. The van der Waals surface area contributed by atoms with Gasteiger partial charge >= 0.3 is 0 Å². The average Bonchev–Trinajstić information content (AvgIpc) is 3.09. The number of halogens is 1. The Morgan fingerprint density at radius 1 is 1.42 bits per heavy atom. The van der Waals surface area contributed by atoms with E-state index < -0.39 is 0 Å². The molecule has 1 fully saturated rings. The van der Waals surface area contributed by atoms with E-state index in [-0.39, 0.29) is 24.4 Å². The lowest BCUT2D eigenvalue weighted by atomic mass is 10.1. The molecule has 0 bridgehead atoms. The maximum Gasteiger partial charge on any atom is 0.223 e. The fraction of sp³-hybridized carbons (Fsp3) is 0.474. The third-order valence-corrected chi connectivity index (χ3v) is 4.45. The molecule has 1 aromatic heterocycles. The Kier molecular flexibility index (Phi) is 6.00. The van der Waals surface area contributed by atoms with Gasteiger partial charge in [-0.25, -0.2) is 4.39 Å². The summed E-state index contributed by atoms with van der Waals surface area (Å²) in [6.07, 6.45) is 0.220. The molecule has 0 saturated carbocycles. The van der Waals surface area contributed by atoms with Crippen molar-refractivity contribution in [3.63, 3.8) is 0 Å². The molecule has 7 heteroatoms. The minimum absolute atomic E-state index is 0.0932. The maximum absolute atomic E-state index is 13.3. The summed E-state index contributed by atoms with van der Waals surface area (Å²) in [6, 6.07) is 8.28. The molecule has 1 N–H and O–H groups in total. The number of benzene rings is 1. The summed E-state index contributed by atoms with van der Waals surface area (Å²) >= 11 is 0. The number of nitrogens with zero attached hydrogens (tertiary/aromatic N) is 2. The van der Waals surface area contributed by atoms with E-state index in [9.17, 15) is 9.18 Å². The van der Waals surface area contributed by atoms with Crippen LogP contribution in [0, 0.1) is 5.82 Å². The number of aromatic nitrogens is 1. The van der Waals surface area contributed by atoms with Crippen molar-refractivity contribution >= 4 is 5.91 Å². The van der Waals surface area contributed by atoms with E-state index in [0.29, 0.717) is 36.1 Å². The first-order valence-corrected chi connectivity index (χ1v) is 8.85. The van der Waals surface area contributed by atoms with Crippen LogP contribution in [0.3, 0.4) is 0 Å². The second-order valence-corrected chi connectivity index (χ2v) is 6.75. The predicted octanol–water partition coefficient (Wildman–Crippen LogP) is 2.60. The summed E-state index contributed by atoms with van der Waals surface area (Å²) in [5.74, 6) is 0.0959. The Labute approximate surface area is 152 Å². The summed E-state index contributed by atoms with van der Waals surface area (Å²) in [4.78, 5) is 14.5. The first kappa shape index (κ1) is 18.5. The number of amides is 1. The van der Waals surface area contributed by atoms with Gasteiger partial charge in [-0.3, -0.25) is 9.69 Å². The molecule has 2 aromatic rings. The van der Waals surface area contributed by atoms with Gasteiger partial charge in [0.25, 0.3) is 0 Å². The molecule has 2 heterocycles. The smallest absolute Gasteiger partial charge is 0.223 e. The number of hydrogen-bond donors (Lipinski definition) is 1. The van der Waals surface area contributed by atoms with Gasteiger partial charge in [0.2, 0.25) is 5.91 Å². The first-order valence-electron chi connectivity index (χ1n) is 8.85. The molecule has 3 rings (SSSR count). The Bertz CT molecular complexity index is 747. The van der Waals surface area contributed by atoms with Crippen LogP contribution in [0.2, 0.25) is 0 Å². The molecule has 1 amide bonds. The molecule has 1 atom stereocenters. The van der Waals surface area contributed by atoms with Gasteiger partial charge in [-0.15, -0.1) is 0 Å². The van der Waals surface area contributed by atoms with Crippen LogP contribution < -0.4 is 5.32 Å². The Morgan fingerprint density at radius 3 is 3.04 bits per heavy atom. The zero-order valence-corrected chi connectivity index (χ0v) is 15.1. The Balaban J connectivity index is 1.49. The van der Waals surface area contributed by atoms with Gasteiger partial charge in [-0.2, -0.15) is 0 Å². The van der Waals surface area contributed by atoms with Gasteiger partial charge < -0.3 is 14.6 Å². The zero-order valence-electron chi connectivity index (χ0n) is 15.1. The van der Waals surface area contributed by atoms with Gasteiger partial charge in [-0.05, 0) is 26.0 Å². The highest BCUT2D eigenvalue weighted by Crippen LogP contribution is 2.20. The van der Waals surface area contributed by atoms with E-state index in [1.54, 1.807) is 18.2 Å². The van der Waals surface area contributed by atoms with Crippen molar-refractivity contribution in [2.45, 2.75) is 39.0 Å². The van der Waals surface area contributed by atoms with Crippen molar-refractivity contribution < 1.29 is 18.4 Å². The minimum atomic E-state index is -0.330. The molecular formula is C19H24FN3O3. The number of hydrogen-bond acceptors (Lipinski definition) is 5. The van der Waals surface area contributed by atoms with Crippen LogP contribution in [0.4, 0.5) is 4.39 Å². The van der Waals surface area contributed by atoms with Crippen LogP contribution in [-0.2, 0) is 16.1 Å². The van der Waals surface area contributed by atoms with Crippen molar-refractivity contribution in [3.05, 3.63) is 41.9 Å². The molecule has 0 radical (unpaired) electrons. The van der Waals surface area contributed by atoms with E-state index in [2.05, 4.69) is 29.2 Å². The van der Waals surface area contributed by atoms with Gasteiger partial charge in [0.05, 0.1) is 25.7 Å². The summed E-state index contributed by atoms with van der Waals surface area (Å²) in [5, 5.41) is 6.75. The molecule has 1 aromatic carbocycles. The van der Waals surface area contributed by atoms with Gasteiger partial charge in [0.15, 0.2) is 5.76 Å². The minimum Gasteiger partial charge on any atom is -0.375 e. The van der Waals surface area contributed by atoms with Crippen LogP contribution in [0.1, 0.15) is 26.0 Å². The molecule has 1 aliphatic rings. The maximum atomic E-state index is 13.3. The van der Waals surface area contributed by atoms with Crippen LogP contribution in [0.5, 0.6) is 0 Å². The largest absolute Gasteiger partial charge is 0.375 e. The van der Waals surface area contributed by atoms with Gasteiger partial charge in [-0.1, -0.05) is 17.3 Å². The predicted molar refractivity (Wildman–Crippen MR) is 94.8 cm³/mol. The van der Waals surface area contributed by atoms with Crippen molar-refractivity contribution in [2.24, 2.45) is 0 Å². The highest BCUT2D eigenvalue weighted by Gasteiger charge is 2.24. The Hall–Kier alpha value is -2.25. The van der Waals surface area contributed by atoms with E-state index in [4.69, 9.17) is 9.26 Å². The lowest BCUT2D eigenvalue weighted by Gasteiger charge is -2.35. The van der Waals surface area contributed by atoms with Gasteiger partial charge in [0, 0.05) is 30.8 Å². The highest BCUT2D eigenvalue weighted by atomic mass is 19.1. The van der Waals surface area contributed by atoms with Crippen molar-refractivity contribution in [1.82, 2.24) is 15.4 Å². The topological polar surface area (TPSA) is 67.6 Å². The summed E-state index contributed by atoms with van der Waals surface area (Å²) in [7, 11) is 0. The molecule has 140 valence electrons. The molecular weight excluding hydrogens is 337 g/mol. The standard InChI is InChI=1S/C19H24FN3O3/c1-13(2)23-6-7-25-17(12-23)10-19(24)21-11-16-9-18(22-26-16)14-4-3-5-15(20)8-14/h3-5,8-9,13,17H,6-7,10-12H2,1-2H3,(H,21,24)/t17-/m0/s1. The fourth-order valence-corrected chi connectivity index (χ4v) is 2.98. The van der Waals surface area contributed by atoms with Crippen LogP contribution in [-0.4, -0.2) is 47.8 Å². The van der Waals surface area contributed by atoms with Crippen molar-refractivity contribution in [1.29, 1.82) is 0 Å². The van der Waals surface area contributed by atoms with Crippen molar-refractivity contribution in [3.8, 4) is 11.3 Å². The van der Waals surface area contributed by atoms with Crippen LogP contribution >= 0.6 is 0 Å². The number of ether oxygens (including phenoxy) is 1. The van der Waals surface area contributed by atoms with E-state index in [1.807, 2.05) is 0 Å². The van der Waals surface area contributed by atoms with Crippen LogP contribution in [0.25, 0.3) is 11.3 Å². The SMILES string of the molecule is CC(C)N1CCO[C@@H](CC(=O)NCc2cc(-c3cccc(F)c3)no2)C1. The third-order valence-electron chi connectivity index (χ3n) is 4.45. The lowest BCUT2D eigenvalue weighted by molar-refractivity contribution is -0.126. The number of carbonyl (C=O) groups is 1. The molecule has 1 aliphatic heterocycles. The summed E-state index contributed by atoms with van der Waals surface area (Å²) < 4.78 is 24.2. The second-order valence-electron chi connectivity index (χ2n) is 6.75. The number of nitrogens with one attached hydrogen (secondary N) is 1. The van der Waals surface area contributed by atoms with Crippen molar-refractivity contribution in [2.75, 3.05) is 19.7 Å². The number of morpholine rings is 1. The third kappa shape index (κ3) is 4.89. The molecule has 0 unspecified atom stereocenters. The Morgan fingerprint density at radius 2 is 2.27 bits per heavy atom. The second kappa shape index (κ2) is 8.42. The summed E-state index contributed by atoms with van der Waals surface area (Å²) in [5.41, 5.74) is 1.17. The van der Waals surface area contributed by atoms with E-state index in [1.165, 1.54) is 12.1 Å². The molecule has 6 nitrogen and oxygen atoms in total. The molecule has 0 aliphatic carbocycles. The highest BCUT2D eigenvalue weighted by molar-refractivity contribution is 5.76. The quantitative estimate of drug-likeness (QED) is 0.857. The van der Waals surface area contributed by atoms with Crippen LogP contribution in [0.15, 0.2) is 34.9 Å². The van der Waals surface area contributed by atoms with E-state index >= 15 is 0 Å².